The summed E-state index contributed by atoms with van der Waals surface area (Å²) in [6.45, 7) is 4.74. The highest BCUT2D eigenvalue weighted by Gasteiger charge is 2.20. The normalized spacial score (nSPS) is 14.9. The van der Waals surface area contributed by atoms with Gasteiger partial charge in [-0.1, -0.05) is 11.6 Å². The second kappa shape index (κ2) is 4.94. The number of aryl methyl sites for hydroxylation is 1. The van der Waals surface area contributed by atoms with E-state index in [1.165, 1.54) is 18.4 Å². The topological polar surface area (TPSA) is 42.7 Å². The lowest BCUT2D eigenvalue weighted by molar-refractivity contribution is 0.684. The first kappa shape index (κ1) is 12.6. The molecule has 5 heteroatoms. The van der Waals surface area contributed by atoms with E-state index >= 15 is 0 Å². The van der Waals surface area contributed by atoms with Crippen LogP contribution in [0.25, 0.3) is 5.69 Å². The Hall–Kier alpha value is -1.39. The zero-order chi connectivity index (χ0) is 13.4. The lowest BCUT2D eigenvalue weighted by Gasteiger charge is -2.07. The van der Waals surface area contributed by atoms with Crippen molar-refractivity contribution in [1.29, 1.82) is 0 Å². The smallest absolute Gasteiger partial charge is 0.0848 e. The predicted molar refractivity (Wildman–Crippen MR) is 75.7 cm³/mol. The van der Waals surface area contributed by atoms with Gasteiger partial charge in [0.2, 0.25) is 0 Å². The molecule has 0 aromatic carbocycles. The van der Waals surface area contributed by atoms with Gasteiger partial charge in [-0.15, -0.1) is 0 Å². The molecule has 4 nitrogen and oxygen atoms in total. The van der Waals surface area contributed by atoms with Crippen LogP contribution in [0.4, 0.5) is 0 Å². The van der Waals surface area contributed by atoms with Crippen LogP contribution in [0.5, 0.6) is 0 Å². The van der Waals surface area contributed by atoms with Gasteiger partial charge >= 0.3 is 0 Å². The third-order valence-electron chi connectivity index (χ3n) is 3.40. The molecule has 0 amide bonds. The molecule has 1 N–H and O–H groups in total. The van der Waals surface area contributed by atoms with Crippen LogP contribution in [0.2, 0.25) is 5.02 Å². The van der Waals surface area contributed by atoms with Crippen LogP contribution >= 0.6 is 11.6 Å². The Morgan fingerprint density at radius 3 is 2.79 bits per heavy atom. The monoisotopic (exact) mass is 276 g/mol. The Labute approximate surface area is 117 Å². The summed E-state index contributed by atoms with van der Waals surface area (Å²) in [5.41, 5.74) is 3.93. The van der Waals surface area contributed by atoms with Gasteiger partial charge < -0.3 is 5.32 Å². The van der Waals surface area contributed by atoms with E-state index in [-0.39, 0.29) is 0 Å². The summed E-state index contributed by atoms with van der Waals surface area (Å²) < 4.78 is 1.85. The minimum Gasteiger partial charge on any atom is -0.310 e. The number of nitrogens with one attached hydrogen (secondary N) is 1. The van der Waals surface area contributed by atoms with Gasteiger partial charge in [-0.2, -0.15) is 5.10 Å². The molecule has 19 heavy (non-hydrogen) atoms. The number of pyridine rings is 1. The predicted octanol–water partition coefficient (Wildman–Crippen LogP) is 2.79. The average Bonchev–Trinajstić information content (AvgIpc) is 3.21. The molecule has 0 aliphatic heterocycles. The van der Waals surface area contributed by atoms with Crippen LogP contribution in [0.15, 0.2) is 18.5 Å². The Morgan fingerprint density at radius 1 is 1.37 bits per heavy atom. The molecule has 1 aliphatic rings. The van der Waals surface area contributed by atoms with E-state index in [1.54, 1.807) is 0 Å². The van der Waals surface area contributed by atoms with Gasteiger partial charge in [-0.3, -0.25) is 4.98 Å². The summed E-state index contributed by atoms with van der Waals surface area (Å²) in [6.07, 6.45) is 6.29. The second-order valence-corrected chi connectivity index (χ2v) is 5.48. The maximum Gasteiger partial charge on any atom is 0.0848 e. The molecule has 100 valence electrons. The lowest BCUT2D eigenvalue weighted by atomic mass is 10.2. The Balaban J connectivity index is 1.86. The largest absolute Gasteiger partial charge is 0.310 e. The molecule has 0 spiro atoms. The van der Waals surface area contributed by atoms with Crippen molar-refractivity contribution in [3.05, 3.63) is 40.4 Å². The number of aromatic nitrogens is 3. The van der Waals surface area contributed by atoms with Gasteiger partial charge in [-0.05, 0) is 38.3 Å². The van der Waals surface area contributed by atoms with Gasteiger partial charge in [0.05, 0.1) is 28.3 Å². The molecule has 1 saturated carbocycles. The molecule has 0 bridgehead atoms. The molecular weight excluding hydrogens is 260 g/mol. The highest BCUT2D eigenvalue weighted by atomic mass is 35.5. The van der Waals surface area contributed by atoms with E-state index in [2.05, 4.69) is 21.5 Å². The fourth-order valence-electron chi connectivity index (χ4n) is 2.11. The third-order valence-corrected chi connectivity index (χ3v) is 3.95. The SMILES string of the molecule is Cc1nn(-c2cncc(CNC3CC3)c2)c(C)c1Cl. The molecule has 0 unspecified atom stereocenters. The van der Waals surface area contributed by atoms with Crippen LogP contribution in [0.1, 0.15) is 29.8 Å². The number of rotatable bonds is 4. The highest BCUT2D eigenvalue weighted by molar-refractivity contribution is 6.31. The number of halogens is 1. The summed E-state index contributed by atoms with van der Waals surface area (Å²) in [7, 11) is 0. The minimum absolute atomic E-state index is 0.701. The van der Waals surface area contributed by atoms with Crippen molar-refractivity contribution in [3.8, 4) is 5.69 Å². The molecule has 2 aromatic heterocycles. The number of hydrogen-bond acceptors (Lipinski definition) is 3. The van der Waals surface area contributed by atoms with E-state index in [0.29, 0.717) is 6.04 Å². The summed E-state index contributed by atoms with van der Waals surface area (Å²) >= 11 is 6.18. The summed E-state index contributed by atoms with van der Waals surface area (Å²) in [6, 6.07) is 2.81. The zero-order valence-corrected chi connectivity index (χ0v) is 11.9. The quantitative estimate of drug-likeness (QED) is 0.934. The van der Waals surface area contributed by atoms with E-state index in [1.807, 2.05) is 30.9 Å². The van der Waals surface area contributed by atoms with Crippen LogP contribution in [0.3, 0.4) is 0 Å². The molecule has 0 radical (unpaired) electrons. The van der Waals surface area contributed by atoms with Gasteiger partial charge in [0, 0.05) is 18.8 Å². The molecule has 0 saturated heterocycles. The highest BCUT2D eigenvalue weighted by Crippen LogP contribution is 2.23. The zero-order valence-electron chi connectivity index (χ0n) is 11.2. The van der Waals surface area contributed by atoms with Crippen molar-refractivity contribution in [2.24, 2.45) is 0 Å². The Bertz CT molecular complexity index is 601. The van der Waals surface area contributed by atoms with E-state index in [9.17, 15) is 0 Å². The van der Waals surface area contributed by atoms with Crippen molar-refractivity contribution in [1.82, 2.24) is 20.1 Å². The Morgan fingerprint density at radius 2 is 2.16 bits per heavy atom. The fourth-order valence-corrected chi connectivity index (χ4v) is 2.23. The third kappa shape index (κ3) is 2.65. The summed E-state index contributed by atoms with van der Waals surface area (Å²) in [5, 5.41) is 8.66. The van der Waals surface area contributed by atoms with Gasteiger partial charge in [0.25, 0.3) is 0 Å². The molecule has 3 rings (SSSR count). The molecular formula is C14H17ClN4. The fraction of sp³-hybridized carbons (Fsp3) is 0.429. The van der Waals surface area contributed by atoms with Crippen LogP contribution < -0.4 is 5.32 Å². The van der Waals surface area contributed by atoms with Crippen LogP contribution in [-0.2, 0) is 6.54 Å². The van der Waals surface area contributed by atoms with Crippen molar-refractivity contribution in [2.45, 2.75) is 39.3 Å². The average molecular weight is 277 g/mol. The Kier molecular flexibility index (Phi) is 3.29. The van der Waals surface area contributed by atoms with E-state index in [4.69, 9.17) is 11.6 Å². The summed E-state index contributed by atoms with van der Waals surface area (Å²) in [5.74, 6) is 0. The second-order valence-electron chi connectivity index (χ2n) is 5.10. The van der Waals surface area contributed by atoms with Crippen molar-refractivity contribution < 1.29 is 0 Å². The van der Waals surface area contributed by atoms with E-state index in [0.717, 1.165) is 28.6 Å². The van der Waals surface area contributed by atoms with Crippen LogP contribution in [-0.4, -0.2) is 20.8 Å². The molecule has 1 fully saturated rings. The van der Waals surface area contributed by atoms with Crippen molar-refractivity contribution in [3.63, 3.8) is 0 Å². The first-order chi connectivity index (χ1) is 9.15. The van der Waals surface area contributed by atoms with Gasteiger partial charge in [0.15, 0.2) is 0 Å². The lowest BCUT2D eigenvalue weighted by Crippen LogP contribution is -2.15. The first-order valence-corrected chi connectivity index (χ1v) is 6.92. The molecule has 1 aliphatic carbocycles. The van der Waals surface area contributed by atoms with Crippen molar-refractivity contribution in [2.75, 3.05) is 0 Å². The molecule has 2 aromatic rings. The molecule has 0 atom stereocenters. The minimum atomic E-state index is 0.701. The number of hydrogen-bond donors (Lipinski definition) is 1. The first-order valence-electron chi connectivity index (χ1n) is 6.54. The molecule has 2 heterocycles. The number of nitrogens with zero attached hydrogens (tertiary/aromatic N) is 3. The van der Waals surface area contributed by atoms with Crippen LogP contribution in [0, 0.1) is 13.8 Å². The summed E-state index contributed by atoms with van der Waals surface area (Å²) in [4.78, 5) is 4.30. The van der Waals surface area contributed by atoms with Gasteiger partial charge in [0.1, 0.15) is 0 Å². The van der Waals surface area contributed by atoms with E-state index < -0.39 is 0 Å². The standard InChI is InChI=1S/C14H17ClN4/c1-9-14(15)10(2)19(18-9)13-5-11(6-16-8-13)7-17-12-3-4-12/h5-6,8,12,17H,3-4,7H2,1-2H3. The van der Waals surface area contributed by atoms with Gasteiger partial charge in [-0.25, -0.2) is 4.68 Å². The van der Waals surface area contributed by atoms with Crippen molar-refractivity contribution >= 4 is 11.6 Å². The maximum absolute atomic E-state index is 6.18. The maximum atomic E-state index is 6.18.